The van der Waals surface area contributed by atoms with Gasteiger partial charge in [0, 0.05) is 5.41 Å². The van der Waals surface area contributed by atoms with Crippen molar-refractivity contribution in [3.8, 4) is 18.1 Å². The number of hydrogen-bond acceptors (Lipinski definition) is 2. The first-order valence-corrected chi connectivity index (χ1v) is 6.98. The van der Waals surface area contributed by atoms with Crippen LogP contribution in [0.4, 0.5) is 0 Å². The number of aliphatic hydroxyl groups is 1. The lowest BCUT2D eigenvalue weighted by Gasteiger charge is -2.27. The summed E-state index contributed by atoms with van der Waals surface area (Å²) in [5.74, 6) is 3.54. The van der Waals surface area contributed by atoms with E-state index >= 15 is 0 Å². The van der Waals surface area contributed by atoms with Crippen LogP contribution in [-0.2, 0) is 5.41 Å². The first-order chi connectivity index (χ1) is 10.0. The van der Waals surface area contributed by atoms with Crippen molar-refractivity contribution in [3.63, 3.8) is 0 Å². The van der Waals surface area contributed by atoms with Crippen molar-refractivity contribution in [2.75, 3.05) is 6.61 Å². The summed E-state index contributed by atoms with van der Waals surface area (Å²) < 4.78 is 5.40. The highest BCUT2D eigenvalue weighted by molar-refractivity contribution is 5.44. The number of rotatable bonds is 4. The quantitative estimate of drug-likeness (QED) is 0.833. The molecule has 0 spiro atoms. The fraction of sp³-hybridized carbons (Fsp3) is 0.263. The largest absolute Gasteiger partial charge is 0.508 e. The Balaban J connectivity index is 2.21. The zero-order valence-corrected chi connectivity index (χ0v) is 12.5. The number of aliphatic hydroxyl groups excluding tert-OH is 1. The van der Waals surface area contributed by atoms with E-state index in [1.54, 1.807) is 12.2 Å². The van der Waals surface area contributed by atoms with Crippen molar-refractivity contribution >= 4 is 0 Å². The van der Waals surface area contributed by atoms with Crippen LogP contribution in [0.1, 0.15) is 25.8 Å². The first kappa shape index (κ1) is 15.0. The van der Waals surface area contributed by atoms with Gasteiger partial charge in [0.15, 0.2) is 0 Å². The minimum atomic E-state index is -0.139. The van der Waals surface area contributed by atoms with Crippen LogP contribution in [-0.4, -0.2) is 11.7 Å². The van der Waals surface area contributed by atoms with Gasteiger partial charge in [-0.1, -0.05) is 44.1 Å². The van der Waals surface area contributed by atoms with E-state index in [2.05, 4.69) is 38.0 Å². The monoisotopic (exact) mass is 280 g/mol. The molecule has 0 heterocycles. The van der Waals surface area contributed by atoms with Crippen molar-refractivity contribution in [2.45, 2.75) is 25.7 Å². The van der Waals surface area contributed by atoms with Crippen LogP contribution in [0.25, 0.3) is 0 Å². The summed E-state index contributed by atoms with van der Waals surface area (Å²) in [5, 5.41) is 9.57. The molecule has 0 saturated heterocycles. The van der Waals surface area contributed by atoms with Crippen LogP contribution < -0.4 is 4.74 Å². The lowest BCUT2D eigenvalue weighted by molar-refractivity contribution is 0.370. The second kappa shape index (κ2) is 6.37. The Morgan fingerprint density at radius 1 is 1.19 bits per heavy atom. The van der Waals surface area contributed by atoms with Gasteiger partial charge in [-0.05, 0) is 41.8 Å². The number of ether oxygens (including phenoxy) is 1. The maximum Gasteiger partial charge on any atom is 0.148 e. The highest BCUT2D eigenvalue weighted by atomic mass is 16.5. The van der Waals surface area contributed by atoms with Gasteiger partial charge in [0.1, 0.15) is 18.1 Å². The van der Waals surface area contributed by atoms with Crippen LogP contribution in [0.2, 0.25) is 0 Å². The lowest BCUT2D eigenvalue weighted by atomic mass is 9.77. The Morgan fingerprint density at radius 3 is 2.57 bits per heavy atom. The summed E-state index contributed by atoms with van der Waals surface area (Å²) in [4.78, 5) is 0. The third-order valence-corrected chi connectivity index (χ3v) is 3.72. The number of allylic oxidation sites excluding steroid dienone is 5. The van der Waals surface area contributed by atoms with Gasteiger partial charge in [-0.3, -0.25) is 0 Å². The average Bonchev–Trinajstić information content (AvgIpc) is 2.70. The molecule has 108 valence electrons. The molecule has 1 aromatic carbocycles. The Bertz CT molecular complexity index is 623. The molecule has 21 heavy (non-hydrogen) atoms. The fourth-order valence-corrected chi connectivity index (χ4v) is 2.34. The van der Waals surface area contributed by atoms with Crippen molar-refractivity contribution in [2.24, 2.45) is 0 Å². The van der Waals surface area contributed by atoms with Gasteiger partial charge < -0.3 is 9.84 Å². The topological polar surface area (TPSA) is 29.5 Å². The predicted molar refractivity (Wildman–Crippen MR) is 86.3 cm³/mol. The summed E-state index contributed by atoms with van der Waals surface area (Å²) in [7, 11) is 0. The zero-order valence-electron chi connectivity index (χ0n) is 12.5. The average molecular weight is 280 g/mol. The van der Waals surface area contributed by atoms with E-state index in [-0.39, 0.29) is 12.0 Å². The standard InChI is InChI=1S/C19H20O2/c1-4-14-21-18-12-9-16(10-13-18)19(2,3)15-6-5-7-17(20)11-8-15/h1,6-13,20H,5,14H2,2-3H3. The molecule has 0 radical (unpaired) electrons. The van der Waals surface area contributed by atoms with Gasteiger partial charge in [-0.15, -0.1) is 6.42 Å². The smallest absolute Gasteiger partial charge is 0.148 e. The van der Waals surface area contributed by atoms with E-state index in [1.807, 2.05) is 18.2 Å². The van der Waals surface area contributed by atoms with E-state index in [9.17, 15) is 5.11 Å². The van der Waals surface area contributed by atoms with Crippen molar-refractivity contribution in [3.05, 3.63) is 65.5 Å². The van der Waals surface area contributed by atoms with Gasteiger partial charge in [0.2, 0.25) is 0 Å². The summed E-state index contributed by atoms with van der Waals surface area (Å²) in [6.45, 7) is 4.62. The molecular formula is C19H20O2. The summed E-state index contributed by atoms with van der Waals surface area (Å²) in [6.07, 6.45) is 13.6. The molecule has 1 aromatic rings. The van der Waals surface area contributed by atoms with Gasteiger partial charge in [0.05, 0.1) is 0 Å². The van der Waals surface area contributed by atoms with Gasteiger partial charge in [-0.2, -0.15) is 0 Å². The van der Waals surface area contributed by atoms with E-state index < -0.39 is 0 Å². The van der Waals surface area contributed by atoms with Crippen LogP contribution in [0, 0.1) is 12.3 Å². The Morgan fingerprint density at radius 2 is 1.90 bits per heavy atom. The maximum absolute atomic E-state index is 9.57. The SMILES string of the molecule is C#CCOc1ccc(C(C)(C)C2=CCC=C(O)C=C2)cc1. The minimum absolute atomic E-state index is 0.139. The molecule has 0 amide bonds. The second-order valence-corrected chi connectivity index (χ2v) is 5.50. The van der Waals surface area contributed by atoms with Crippen LogP contribution >= 0.6 is 0 Å². The maximum atomic E-state index is 9.57. The number of terminal acetylenes is 1. The van der Waals surface area contributed by atoms with Crippen LogP contribution in [0.15, 0.2) is 59.9 Å². The summed E-state index contributed by atoms with van der Waals surface area (Å²) in [5.41, 5.74) is 2.23. The molecule has 0 unspecified atom stereocenters. The van der Waals surface area contributed by atoms with Crippen LogP contribution in [0.3, 0.4) is 0 Å². The molecule has 0 saturated carbocycles. The lowest BCUT2D eigenvalue weighted by Crippen LogP contribution is -2.19. The third-order valence-electron chi connectivity index (χ3n) is 3.72. The molecule has 1 N–H and O–H groups in total. The van der Waals surface area contributed by atoms with Crippen molar-refractivity contribution < 1.29 is 9.84 Å². The molecule has 1 aliphatic carbocycles. The van der Waals surface area contributed by atoms with Crippen LogP contribution in [0.5, 0.6) is 5.75 Å². The first-order valence-electron chi connectivity index (χ1n) is 6.98. The molecular weight excluding hydrogens is 260 g/mol. The summed E-state index contributed by atoms with van der Waals surface area (Å²) >= 11 is 0. The van der Waals surface area contributed by atoms with E-state index in [0.717, 1.165) is 12.2 Å². The third kappa shape index (κ3) is 3.58. The number of hydrogen-bond donors (Lipinski definition) is 1. The highest BCUT2D eigenvalue weighted by Crippen LogP contribution is 2.34. The Labute approximate surface area is 126 Å². The zero-order chi connectivity index (χ0) is 15.3. The minimum Gasteiger partial charge on any atom is -0.508 e. The molecule has 0 bridgehead atoms. The molecule has 2 heteroatoms. The van der Waals surface area contributed by atoms with E-state index in [0.29, 0.717) is 5.76 Å². The predicted octanol–water partition coefficient (Wildman–Crippen LogP) is 4.30. The van der Waals surface area contributed by atoms with Gasteiger partial charge >= 0.3 is 0 Å². The molecule has 2 rings (SSSR count). The Hall–Kier alpha value is -2.40. The fourth-order valence-electron chi connectivity index (χ4n) is 2.34. The van der Waals surface area contributed by atoms with Gasteiger partial charge in [-0.25, -0.2) is 0 Å². The normalized spacial score (nSPS) is 14.7. The molecule has 0 aromatic heterocycles. The van der Waals surface area contributed by atoms with E-state index in [1.165, 1.54) is 11.1 Å². The molecule has 0 fully saturated rings. The van der Waals surface area contributed by atoms with Gasteiger partial charge in [0.25, 0.3) is 0 Å². The highest BCUT2D eigenvalue weighted by Gasteiger charge is 2.24. The molecule has 0 aliphatic heterocycles. The molecule has 1 aliphatic rings. The van der Waals surface area contributed by atoms with Crippen molar-refractivity contribution in [1.82, 2.24) is 0 Å². The molecule has 0 atom stereocenters. The van der Waals surface area contributed by atoms with Crippen molar-refractivity contribution in [1.29, 1.82) is 0 Å². The van der Waals surface area contributed by atoms with E-state index in [4.69, 9.17) is 11.2 Å². The Kier molecular flexibility index (Phi) is 4.55. The summed E-state index contributed by atoms with van der Waals surface area (Å²) in [6, 6.07) is 7.98. The molecule has 2 nitrogen and oxygen atoms in total. The second-order valence-electron chi connectivity index (χ2n) is 5.50. The number of benzene rings is 1.